The number of phenolic OH excluding ortho intramolecular Hbond substituents is 2. The number of rotatable bonds is 7. The minimum Gasteiger partial charge on any atom is -0.506 e. The molecule has 0 radical (unpaired) electrons. The van der Waals surface area contributed by atoms with E-state index in [0.717, 1.165) is 11.1 Å². The fraction of sp³-hybridized carbons (Fsp3) is 0.0870. The van der Waals surface area contributed by atoms with Crippen molar-refractivity contribution in [3.8, 4) is 11.5 Å². The van der Waals surface area contributed by atoms with E-state index in [9.17, 15) is 19.8 Å². The van der Waals surface area contributed by atoms with Gasteiger partial charge in [-0.2, -0.15) is 5.10 Å². The number of aromatic hydroxyl groups is 2. The Bertz CT molecular complexity index is 1100. The standard InChI is InChI=1S/C23H19Br2N3O4/c24-17-11-16(21(30)20(25)22(17)31)12-27-28-18(29)13-26-23(32)19(14-7-3-1-4-8-14)15-9-5-2-6-10-15/h1-12,19,30-31H,13H2,(H,26,32)(H,28,29). The van der Waals surface area contributed by atoms with Gasteiger partial charge in [-0.1, -0.05) is 60.7 Å². The van der Waals surface area contributed by atoms with Crippen molar-refractivity contribution in [3.63, 3.8) is 0 Å². The molecule has 0 unspecified atom stereocenters. The fourth-order valence-corrected chi connectivity index (χ4v) is 4.14. The molecule has 0 heterocycles. The Hall–Kier alpha value is -3.17. The summed E-state index contributed by atoms with van der Waals surface area (Å²) in [6, 6.07) is 20.1. The largest absolute Gasteiger partial charge is 0.506 e. The number of benzene rings is 3. The third kappa shape index (κ3) is 5.74. The summed E-state index contributed by atoms with van der Waals surface area (Å²) in [5.74, 6) is -1.79. The Morgan fingerprint density at radius 3 is 2.06 bits per heavy atom. The normalized spacial score (nSPS) is 11.0. The van der Waals surface area contributed by atoms with Gasteiger partial charge in [-0.15, -0.1) is 0 Å². The number of halogens is 2. The molecule has 9 heteroatoms. The van der Waals surface area contributed by atoms with Gasteiger partial charge in [0.05, 0.1) is 23.1 Å². The minimum atomic E-state index is -0.558. The summed E-state index contributed by atoms with van der Waals surface area (Å²) >= 11 is 6.22. The predicted octanol–water partition coefficient (Wildman–Crippen LogP) is 4.02. The summed E-state index contributed by atoms with van der Waals surface area (Å²) in [6.45, 7) is -0.276. The summed E-state index contributed by atoms with van der Waals surface area (Å²) in [6.07, 6.45) is 1.22. The van der Waals surface area contributed by atoms with Gasteiger partial charge in [-0.25, -0.2) is 5.43 Å². The van der Waals surface area contributed by atoms with E-state index in [2.05, 4.69) is 47.7 Å². The lowest BCUT2D eigenvalue weighted by Gasteiger charge is -2.17. The molecule has 0 saturated carbocycles. The molecule has 0 fully saturated rings. The smallest absolute Gasteiger partial charge is 0.259 e. The van der Waals surface area contributed by atoms with Crippen molar-refractivity contribution in [1.29, 1.82) is 0 Å². The first-order chi connectivity index (χ1) is 15.4. The van der Waals surface area contributed by atoms with Crippen LogP contribution in [0.2, 0.25) is 0 Å². The lowest BCUT2D eigenvalue weighted by Crippen LogP contribution is -2.37. The van der Waals surface area contributed by atoms with Gasteiger partial charge in [-0.05, 0) is 49.1 Å². The van der Waals surface area contributed by atoms with E-state index < -0.39 is 11.8 Å². The van der Waals surface area contributed by atoms with Crippen LogP contribution in [0.5, 0.6) is 11.5 Å². The fourth-order valence-electron chi connectivity index (χ4n) is 2.98. The van der Waals surface area contributed by atoms with Crippen LogP contribution in [0.15, 0.2) is 80.8 Å². The van der Waals surface area contributed by atoms with E-state index in [-0.39, 0.29) is 34.0 Å². The van der Waals surface area contributed by atoms with E-state index in [1.807, 2.05) is 60.7 Å². The number of nitrogens with one attached hydrogen (secondary N) is 2. The van der Waals surface area contributed by atoms with Crippen molar-refractivity contribution in [2.24, 2.45) is 5.10 Å². The molecule has 3 aromatic carbocycles. The molecule has 0 saturated heterocycles. The number of hydrogen-bond donors (Lipinski definition) is 4. The van der Waals surface area contributed by atoms with E-state index in [1.54, 1.807) is 0 Å². The van der Waals surface area contributed by atoms with Crippen molar-refractivity contribution >= 4 is 49.9 Å². The van der Waals surface area contributed by atoms with Gasteiger partial charge in [0.15, 0.2) is 0 Å². The van der Waals surface area contributed by atoms with Crippen molar-refractivity contribution in [1.82, 2.24) is 10.7 Å². The summed E-state index contributed by atoms with van der Waals surface area (Å²) < 4.78 is 0.440. The van der Waals surface area contributed by atoms with Crippen LogP contribution < -0.4 is 10.7 Å². The van der Waals surface area contributed by atoms with Crippen LogP contribution in [0.1, 0.15) is 22.6 Å². The summed E-state index contributed by atoms with van der Waals surface area (Å²) in [5.41, 5.74) is 4.19. The summed E-state index contributed by atoms with van der Waals surface area (Å²) in [7, 11) is 0. The number of nitrogens with zero attached hydrogens (tertiary/aromatic N) is 1. The van der Waals surface area contributed by atoms with Crippen LogP contribution >= 0.6 is 31.9 Å². The van der Waals surface area contributed by atoms with Crippen LogP contribution in [0.3, 0.4) is 0 Å². The molecule has 2 amide bonds. The molecular weight excluding hydrogens is 542 g/mol. The second-order valence-corrected chi connectivity index (χ2v) is 8.37. The second kappa shape index (κ2) is 10.9. The van der Waals surface area contributed by atoms with Crippen LogP contribution in [-0.2, 0) is 9.59 Å². The van der Waals surface area contributed by atoms with E-state index in [4.69, 9.17) is 0 Å². The Balaban J connectivity index is 1.63. The molecule has 0 bridgehead atoms. The van der Waals surface area contributed by atoms with Gasteiger partial charge in [0.25, 0.3) is 5.91 Å². The maximum Gasteiger partial charge on any atom is 0.259 e. The lowest BCUT2D eigenvalue weighted by atomic mass is 9.90. The molecule has 0 atom stereocenters. The highest BCUT2D eigenvalue weighted by atomic mass is 79.9. The average Bonchev–Trinajstić information content (AvgIpc) is 2.81. The molecule has 3 rings (SSSR count). The van der Waals surface area contributed by atoms with Gasteiger partial charge in [0.1, 0.15) is 16.0 Å². The molecule has 0 spiro atoms. The average molecular weight is 561 g/mol. The van der Waals surface area contributed by atoms with E-state index >= 15 is 0 Å². The first-order valence-corrected chi connectivity index (χ1v) is 11.1. The SMILES string of the molecule is O=C(CNC(=O)C(c1ccccc1)c1ccccc1)NN=Cc1cc(Br)c(O)c(Br)c1O. The first kappa shape index (κ1) is 23.5. The number of carbonyl (C=O) groups is 2. The monoisotopic (exact) mass is 559 g/mol. The second-order valence-electron chi connectivity index (χ2n) is 6.72. The molecule has 0 aliphatic heterocycles. The number of hydrogen-bond acceptors (Lipinski definition) is 5. The Labute approximate surface area is 201 Å². The maximum atomic E-state index is 12.9. The van der Waals surface area contributed by atoms with Gasteiger partial charge < -0.3 is 15.5 Å². The zero-order valence-electron chi connectivity index (χ0n) is 16.6. The number of carbonyl (C=O) groups excluding carboxylic acids is 2. The molecule has 32 heavy (non-hydrogen) atoms. The molecule has 3 aromatic rings. The molecule has 7 nitrogen and oxygen atoms in total. The molecule has 0 aliphatic rings. The molecule has 4 N–H and O–H groups in total. The lowest BCUT2D eigenvalue weighted by molar-refractivity contribution is -0.126. The van der Waals surface area contributed by atoms with Gasteiger partial charge in [0, 0.05) is 5.56 Å². The third-order valence-corrected chi connectivity index (χ3v) is 5.90. The molecule has 0 aromatic heterocycles. The molecule has 164 valence electrons. The highest BCUT2D eigenvalue weighted by Gasteiger charge is 2.22. The minimum absolute atomic E-state index is 0.0970. The predicted molar refractivity (Wildman–Crippen MR) is 129 cm³/mol. The highest BCUT2D eigenvalue weighted by molar-refractivity contribution is 9.11. The Morgan fingerprint density at radius 2 is 1.50 bits per heavy atom. The third-order valence-electron chi connectivity index (χ3n) is 4.54. The molecular formula is C23H19Br2N3O4. The Morgan fingerprint density at radius 1 is 0.938 bits per heavy atom. The van der Waals surface area contributed by atoms with E-state index in [0.29, 0.717) is 4.47 Å². The van der Waals surface area contributed by atoms with Gasteiger partial charge >= 0.3 is 0 Å². The van der Waals surface area contributed by atoms with Crippen molar-refractivity contribution in [2.45, 2.75) is 5.92 Å². The number of hydrazone groups is 1. The summed E-state index contributed by atoms with van der Waals surface area (Å²) in [5, 5.41) is 26.2. The van der Waals surface area contributed by atoms with Gasteiger partial charge in [0.2, 0.25) is 5.91 Å². The number of phenols is 2. The summed E-state index contributed by atoms with van der Waals surface area (Å²) in [4.78, 5) is 25.0. The maximum absolute atomic E-state index is 12.9. The zero-order valence-corrected chi connectivity index (χ0v) is 19.8. The first-order valence-electron chi connectivity index (χ1n) is 9.48. The highest BCUT2D eigenvalue weighted by Crippen LogP contribution is 2.40. The quantitative estimate of drug-likeness (QED) is 0.258. The van der Waals surface area contributed by atoms with Crippen LogP contribution in [0.4, 0.5) is 0 Å². The number of amides is 2. The van der Waals surface area contributed by atoms with Crippen LogP contribution in [0.25, 0.3) is 0 Å². The van der Waals surface area contributed by atoms with Gasteiger partial charge in [-0.3, -0.25) is 9.59 Å². The topological polar surface area (TPSA) is 111 Å². The van der Waals surface area contributed by atoms with Crippen LogP contribution in [0, 0.1) is 0 Å². The molecule has 0 aliphatic carbocycles. The van der Waals surface area contributed by atoms with Crippen molar-refractivity contribution in [2.75, 3.05) is 6.54 Å². The van der Waals surface area contributed by atoms with Crippen LogP contribution in [-0.4, -0.2) is 34.8 Å². The Kier molecular flexibility index (Phi) is 8.02. The zero-order chi connectivity index (χ0) is 23.1. The van der Waals surface area contributed by atoms with Crippen molar-refractivity contribution in [3.05, 3.63) is 92.4 Å². The van der Waals surface area contributed by atoms with E-state index in [1.165, 1.54) is 12.3 Å². The van der Waals surface area contributed by atoms with Crippen molar-refractivity contribution < 1.29 is 19.8 Å².